The van der Waals surface area contributed by atoms with Crippen molar-refractivity contribution in [3.8, 4) is 0 Å². The molecule has 2 rings (SSSR count). The fourth-order valence-corrected chi connectivity index (χ4v) is 4.27. The van der Waals surface area contributed by atoms with E-state index in [1.54, 1.807) is 16.7 Å². The van der Waals surface area contributed by atoms with Gasteiger partial charge in [-0.05, 0) is 54.8 Å². The first-order valence-electron chi connectivity index (χ1n) is 11.0. The van der Waals surface area contributed by atoms with E-state index in [1.807, 2.05) is 61.5 Å². The van der Waals surface area contributed by atoms with E-state index in [2.05, 4.69) is 12.2 Å². The zero-order valence-electron chi connectivity index (χ0n) is 18.5. The predicted octanol–water partition coefficient (Wildman–Crippen LogP) is 5.94. The summed E-state index contributed by atoms with van der Waals surface area (Å²) in [5, 5.41) is 3.72. The van der Waals surface area contributed by atoms with Gasteiger partial charge in [-0.25, -0.2) is 0 Å². The number of benzene rings is 2. The van der Waals surface area contributed by atoms with Gasteiger partial charge in [-0.3, -0.25) is 9.59 Å². The number of carbonyl (C=O) groups excluding carboxylic acids is 2. The predicted molar refractivity (Wildman–Crippen MR) is 130 cm³/mol. The molecule has 2 amide bonds. The van der Waals surface area contributed by atoms with Gasteiger partial charge in [0.25, 0.3) is 0 Å². The Morgan fingerprint density at radius 3 is 2.39 bits per heavy atom. The lowest BCUT2D eigenvalue weighted by Gasteiger charge is -2.30. The van der Waals surface area contributed by atoms with Crippen molar-refractivity contribution in [2.75, 3.05) is 12.3 Å². The molecule has 0 fully saturated rings. The zero-order valence-corrected chi connectivity index (χ0v) is 20.1. The highest BCUT2D eigenvalue weighted by molar-refractivity contribution is 7.99. The number of rotatable bonds is 13. The summed E-state index contributed by atoms with van der Waals surface area (Å²) in [5.74, 6) is 0.806. The van der Waals surface area contributed by atoms with E-state index in [1.165, 1.54) is 0 Å². The second-order valence-corrected chi connectivity index (χ2v) is 9.09. The minimum atomic E-state index is -0.450. The monoisotopic (exact) mass is 460 g/mol. The molecule has 1 atom stereocenters. The maximum Gasteiger partial charge on any atom is 0.242 e. The second kappa shape index (κ2) is 14.2. The van der Waals surface area contributed by atoms with Crippen LogP contribution in [-0.2, 0) is 16.1 Å². The van der Waals surface area contributed by atoms with Crippen molar-refractivity contribution in [3.05, 3.63) is 65.2 Å². The molecule has 0 saturated heterocycles. The average molecular weight is 461 g/mol. The largest absolute Gasteiger partial charge is 0.354 e. The molecule has 0 heterocycles. The third-order valence-corrected chi connectivity index (χ3v) is 6.38. The highest BCUT2D eigenvalue weighted by Crippen LogP contribution is 2.22. The highest BCUT2D eigenvalue weighted by atomic mass is 35.5. The van der Waals surface area contributed by atoms with Crippen LogP contribution in [0.5, 0.6) is 0 Å². The fourth-order valence-electron chi connectivity index (χ4n) is 3.29. The van der Waals surface area contributed by atoms with Crippen LogP contribution in [0, 0.1) is 0 Å². The van der Waals surface area contributed by atoms with Gasteiger partial charge in [0.05, 0.1) is 0 Å². The topological polar surface area (TPSA) is 49.4 Å². The number of nitrogens with zero attached hydrogens (tertiary/aromatic N) is 1. The van der Waals surface area contributed by atoms with Gasteiger partial charge in [-0.15, -0.1) is 11.8 Å². The summed E-state index contributed by atoms with van der Waals surface area (Å²) < 4.78 is 0. The first kappa shape index (κ1) is 25.3. The number of thioether (sulfide) groups is 1. The van der Waals surface area contributed by atoms with Crippen LogP contribution in [0.3, 0.4) is 0 Å². The number of amides is 2. The highest BCUT2D eigenvalue weighted by Gasteiger charge is 2.28. The fraction of sp³-hybridized carbons (Fsp3) is 0.440. The van der Waals surface area contributed by atoms with Crippen LogP contribution in [0.4, 0.5) is 0 Å². The Labute approximate surface area is 195 Å². The molecule has 1 N–H and O–H groups in total. The van der Waals surface area contributed by atoms with Crippen molar-refractivity contribution in [3.63, 3.8) is 0 Å². The lowest BCUT2D eigenvalue weighted by molar-refractivity contribution is -0.141. The molecule has 0 aliphatic rings. The Balaban J connectivity index is 1.99. The van der Waals surface area contributed by atoms with Crippen LogP contribution >= 0.6 is 23.4 Å². The van der Waals surface area contributed by atoms with E-state index in [0.717, 1.165) is 40.5 Å². The second-order valence-electron chi connectivity index (χ2n) is 7.48. The van der Waals surface area contributed by atoms with Gasteiger partial charge >= 0.3 is 0 Å². The Hall–Kier alpha value is -1.98. The zero-order chi connectivity index (χ0) is 22.5. The number of unbranched alkanes of at least 4 members (excludes halogenated alkanes) is 1. The number of halogens is 1. The molecule has 0 aromatic heterocycles. The Morgan fingerprint density at radius 1 is 1.03 bits per heavy atom. The van der Waals surface area contributed by atoms with Crippen molar-refractivity contribution < 1.29 is 9.59 Å². The molecule has 0 saturated carbocycles. The molecular formula is C25H33ClN2O2S. The van der Waals surface area contributed by atoms with Gasteiger partial charge in [-0.2, -0.15) is 0 Å². The number of hydrogen-bond donors (Lipinski definition) is 1. The smallest absolute Gasteiger partial charge is 0.242 e. The Bertz CT molecular complexity index is 799. The third-order valence-electron chi connectivity index (χ3n) is 5.03. The SMILES string of the molecule is CCCCNC(=O)[C@@H](CC)N(Cc1ccccc1)C(=O)CCCSc1ccc(Cl)cc1. The van der Waals surface area contributed by atoms with Crippen LogP contribution in [-0.4, -0.2) is 35.1 Å². The first-order chi connectivity index (χ1) is 15.0. The Morgan fingerprint density at radius 2 is 1.74 bits per heavy atom. The maximum atomic E-state index is 13.2. The minimum Gasteiger partial charge on any atom is -0.354 e. The van der Waals surface area contributed by atoms with E-state index < -0.39 is 6.04 Å². The summed E-state index contributed by atoms with van der Waals surface area (Å²) in [7, 11) is 0. The lowest BCUT2D eigenvalue weighted by atomic mass is 10.1. The van der Waals surface area contributed by atoms with E-state index in [0.29, 0.717) is 25.9 Å². The molecule has 0 spiro atoms. The molecule has 0 radical (unpaired) electrons. The lowest BCUT2D eigenvalue weighted by Crippen LogP contribution is -2.49. The maximum absolute atomic E-state index is 13.2. The van der Waals surface area contributed by atoms with E-state index >= 15 is 0 Å². The molecule has 0 aliphatic carbocycles. The van der Waals surface area contributed by atoms with Crippen LogP contribution in [0.1, 0.15) is 51.5 Å². The number of carbonyl (C=O) groups is 2. The van der Waals surface area contributed by atoms with Crippen molar-refractivity contribution in [2.45, 2.75) is 63.4 Å². The van der Waals surface area contributed by atoms with Crippen LogP contribution in [0.2, 0.25) is 5.02 Å². The molecule has 31 heavy (non-hydrogen) atoms. The molecule has 168 valence electrons. The molecule has 2 aromatic carbocycles. The molecule has 4 nitrogen and oxygen atoms in total. The summed E-state index contributed by atoms with van der Waals surface area (Å²) in [6.45, 7) is 5.16. The molecule has 0 aliphatic heterocycles. The van der Waals surface area contributed by atoms with Crippen LogP contribution in [0.15, 0.2) is 59.5 Å². The summed E-state index contributed by atoms with van der Waals surface area (Å²) >= 11 is 7.64. The quantitative estimate of drug-likeness (QED) is 0.297. The molecule has 0 bridgehead atoms. The van der Waals surface area contributed by atoms with E-state index in [-0.39, 0.29) is 11.8 Å². The van der Waals surface area contributed by atoms with Gasteiger partial charge in [0.1, 0.15) is 6.04 Å². The number of hydrogen-bond acceptors (Lipinski definition) is 3. The molecule has 6 heteroatoms. The van der Waals surface area contributed by atoms with E-state index in [4.69, 9.17) is 11.6 Å². The summed E-state index contributed by atoms with van der Waals surface area (Å²) in [4.78, 5) is 28.9. The van der Waals surface area contributed by atoms with Crippen LogP contribution < -0.4 is 5.32 Å². The molecular weight excluding hydrogens is 428 g/mol. The number of nitrogens with one attached hydrogen (secondary N) is 1. The molecule has 0 unspecified atom stereocenters. The molecule has 2 aromatic rings. The van der Waals surface area contributed by atoms with Crippen molar-refractivity contribution in [2.24, 2.45) is 0 Å². The van der Waals surface area contributed by atoms with Crippen molar-refractivity contribution in [1.29, 1.82) is 0 Å². The summed E-state index contributed by atoms with van der Waals surface area (Å²) in [5.41, 5.74) is 1.03. The standard InChI is InChI=1S/C25H33ClN2O2S/c1-3-5-17-27-25(30)23(4-2)28(19-20-10-7-6-8-11-20)24(29)12-9-18-31-22-15-13-21(26)14-16-22/h6-8,10-11,13-16,23H,3-5,9,12,17-19H2,1-2H3,(H,27,30)/t23-/m1/s1. The van der Waals surface area contributed by atoms with Crippen LogP contribution in [0.25, 0.3) is 0 Å². The van der Waals surface area contributed by atoms with Gasteiger partial charge < -0.3 is 10.2 Å². The minimum absolute atomic E-state index is 0.0260. The van der Waals surface area contributed by atoms with Gasteiger partial charge in [0, 0.05) is 29.4 Å². The Kier molecular flexibility index (Phi) is 11.5. The normalized spacial score (nSPS) is 11.7. The van der Waals surface area contributed by atoms with Crippen molar-refractivity contribution in [1.82, 2.24) is 10.2 Å². The van der Waals surface area contributed by atoms with E-state index in [9.17, 15) is 9.59 Å². The first-order valence-corrected chi connectivity index (χ1v) is 12.4. The van der Waals surface area contributed by atoms with Gasteiger partial charge in [0.15, 0.2) is 0 Å². The summed E-state index contributed by atoms with van der Waals surface area (Å²) in [6.07, 6.45) is 3.74. The van der Waals surface area contributed by atoms with Gasteiger partial charge in [-0.1, -0.05) is 62.2 Å². The van der Waals surface area contributed by atoms with Crippen molar-refractivity contribution >= 4 is 35.2 Å². The summed E-state index contributed by atoms with van der Waals surface area (Å²) in [6, 6.07) is 17.2. The average Bonchev–Trinajstić information content (AvgIpc) is 2.78. The van der Waals surface area contributed by atoms with Gasteiger partial charge in [0.2, 0.25) is 11.8 Å². The third kappa shape index (κ3) is 8.96.